The molecule has 0 aliphatic carbocycles. The fraction of sp³-hybridized carbons (Fsp3) is 0.333. The minimum atomic E-state index is -0.0505. The maximum atomic E-state index is 12.8. The van der Waals surface area contributed by atoms with Crippen LogP contribution < -0.4 is 5.32 Å². The van der Waals surface area contributed by atoms with Gasteiger partial charge in [-0.25, -0.2) is 0 Å². The molecule has 0 unspecified atom stereocenters. The summed E-state index contributed by atoms with van der Waals surface area (Å²) in [6.45, 7) is 4.99. The van der Waals surface area contributed by atoms with E-state index in [9.17, 15) is 10.1 Å². The van der Waals surface area contributed by atoms with Crippen LogP contribution in [0.2, 0.25) is 0 Å². The predicted molar refractivity (Wildman–Crippen MR) is 104 cm³/mol. The zero-order valence-corrected chi connectivity index (χ0v) is 15.8. The Hall–Kier alpha value is -2.29. The van der Waals surface area contributed by atoms with Crippen molar-refractivity contribution in [2.45, 2.75) is 35.6 Å². The van der Waals surface area contributed by atoms with Crippen LogP contribution in [0, 0.1) is 11.3 Å². The molecule has 26 heavy (non-hydrogen) atoms. The van der Waals surface area contributed by atoms with Gasteiger partial charge in [-0.05, 0) is 50.2 Å². The van der Waals surface area contributed by atoms with Gasteiger partial charge in [-0.2, -0.15) is 5.26 Å². The SMILES string of the molecule is CCN1CCC[C@H]1CNC(=O)c1ccccc1Sc1ccccc1C#N. The van der Waals surface area contributed by atoms with E-state index in [2.05, 4.69) is 23.2 Å². The van der Waals surface area contributed by atoms with Crippen molar-refractivity contribution in [2.75, 3.05) is 19.6 Å². The number of nitrogens with one attached hydrogen (secondary N) is 1. The summed E-state index contributed by atoms with van der Waals surface area (Å²) in [4.78, 5) is 16.9. The van der Waals surface area contributed by atoms with Crippen molar-refractivity contribution >= 4 is 17.7 Å². The first kappa shape index (κ1) is 18.5. The van der Waals surface area contributed by atoms with Crippen molar-refractivity contribution in [2.24, 2.45) is 0 Å². The van der Waals surface area contributed by atoms with Crippen LogP contribution in [0.25, 0.3) is 0 Å². The first-order chi connectivity index (χ1) is 12.7. The number of nitrogens with zero attached hydrogens (tertiary/aromatic N) is 2. The fourth-order valence-electron chi connectivity index (χ4n) is 3.36. The summed E-state index contributed by atoms with van der Waals surface area (Å²) in [6.07, 6.45) is 2.34. The van der Waals surface area contributed by atoms with Gasteiger partial charge in [0.05, 0.1) is 11.1 Å². The van der Waals surface area contributed by atoms with Crippen molar-refractivity contribution in [3.8, 4) is 6.07 Å². The lowest BCUT2D eigenvalue weighted by Crippen LogP contribution is -2.40. The van der Waals surface area contributed by atoms with Crippen molar-refractivity contribution in [1.82, 2.24) is 10.2 Å². The Morgan fingerprint density at radius 2 is 1.96 bits per heavy atom. The van der Waals surface area contributed by atoms with Crippen LogP contribution in [0.5, 0.6) is 0 Å². The summed E-state index contributed by atoms with van der Waals surface area (Å²) in [5.41, 5.74) is 1.28. The minimum Gasteiger partial charge on any atom is -0.350 e. The highest BCUT2D eigenvalue weighted by Crippen LogP contribution is 2.32. The van der Waals surface area contributed by atoms with Crippen LogP contribution in [0.4, 0.5) is 0 Å². The zero-order valence-electron chi connectivity index (χ0n) is 14.9. The predicted octanol–water partition coefficient (Wildman–Crippen LogP) is 3.92. The zero-order chi connectivity index (χ0) is 18.4. The number of benzene rings is 2. The van der Waals surface area contributed by atoms with Gasteiger partial charge in [0.25, 0.3) is 5.91 Å². The third-order valence-electron chi connectivity index (χ3n) is 4.76. The molecular weight excluding hydrogens is 342 g/mol. The van der Waals surface area contributed by atoms with Gasteiger partial charge in [0.15, 0.2) is 0 Å². The maximum absolute atomic E-state index is 12.8. The van der Waals surface area contributed by atoms with Gasteiger partial charge in [-0.1, -0.05) is 43.0 Å². The highest BCUT2D eigenvalue weighted by molar-refractivity contribution is 7.99. The van der Waals surface area contributed by atoms with Crippen LogP contribution in [0.1, 0.15) is 35.7 Å². The molecule has 1 amide bonds. The summed E-state index contributed by atoms with van der Waals surface area (Å²) >= 11 is 1.46. The van der Waals surface area contributed by atoms with E-state index in [4.69, 9.17) is 0 Å². The number of rotatable bonds is 6. The number of carbonyl (C=O) groups excluding carboxylic acids is 1. The first-order valence-electron chi connectivity index (χ1n) is 9.01. The minimum absolute atomic E-state index is 0.0505. The van der Waals surface area contributed by atoms with Crippen LogP contribution >= 0.6 is 11.8 Å². The molecule has 0 radical (unpaired) electrons. The maximum Gasteiger partial charge on any atom is 0.252 e. The van der Waals surface area contributed by atoms with Gasteiger partial charge in [-0.3, -0.25) is 9.69 Å². The van der Waals surface area contributed by atoms with E-state index >= 15 is 0 Å². The van der Waals surface area contributed by atoms with Gasteiger partial charge in [0, 0.05) is 22.4 Å². The Bertz CT molecular complexity index is 815. The molecule has 2 aromatic carbocycles. The van der Waals surface area contributed by atoms with Gasteiger partial charge >= 0.3 is 0 Å². The molecule has 1 N–H and O–H groups in total. The van der Waals surface area contributed by atoms with Crippen LogP contribution in [-0.2, 0) is 0 Å². The Morgan fingerprint density at radius 1 is 1.23 bits per heavy atom. The molecule has 3 rings (SSSR count). The summed E-state index contributed by atoms with van der Waals surface area (Å²) in [6, 6.07) is 17.7. The van der Waals surface area contributed by atoms with Crippen molar-refractivity contribution in [1.29, 1.82) is 5.26 Å². The number of hydrogen-bond acceptors (Lipinski definition) is 4. The second-order valence-corrected chi connectivity index (χ2v) is 7.42. The quantitative estimate of drug-likeness (QED) is 0.843. The van der Waals surface area contributed by atoms with Crippen LogP contribution in [-0.4, -0.2) is 36.5 Å². The van der Waals surface area contributed by atoms with Crippen molar-refractivity contribution in [3.63, 3.8) is 0 Å². The van der Waals surface area contributed by atoms with E-state index in [0.717, 1.165) is 29.3 Å². The first-order valence-corrected chi connectivity index (χ1v) is 9.82. The summed E-state index contributed by atoms with van der Waals surface area (Å²) in [7, 11) is 0. The normalized spacial score (nSPS) is 17.0. The monoisotopic (exact) mass is 365 g/mol. The molecule has 0 spiro atoms. The van der Waals surface area contributed by atoms with E-state index in [1.54, 1.807) is 6.07 Å². The van der Waals surface area contributed by atoms with Crippen molar-refractivity contribution < 1.29 is 4.79 Å². The smallest absolute Gasteiger partial charge is 0.252 e. The van der Waals surface area contributed by atoms with Crippen LogP contribution in [0.15, 0.2) is 58.3 Å². The van der Waals surface area contributed by atoms with Crippen LogP contribution in [0.3, 0.4) is 0 Å². The van der Waals surface area contributed by atoms with E-state index in [1.165, 1.54) is 18.2 Å². The average molecular weight is 366 g/mol. The number of likely N-dealkylation sites (N-methyl/N-ethyl adjacent to an activating group) is 1. The summed E-state index contributed by atoms with van der Waals surface area (Å²) < 4.78 is 0. The standard InChI is InChI=1S/C21H23N3OS/c1-2-24-13-7-9-17(24)15-23-21(25)18-10-4-6-12-20(18)26-19-11-5-3-8-16(19)14-22/h3-6,8,10-12,17H,2,7,9,13,15H2,1H3,(H,23,25)/t17-/m0/s1. The Labute approximate surface area is 159 Å². The van der Waals surface area contributed by atoms with Gasteiger partial charge in [-0.15, -0.1) is 0 Å². The molecule has 1 aliphatic rings. The lowest BCUT2D eigenvalue weighted by molar-refractivity contribution is 0.0938. The Morgan fingerprint density at radius 3 is 2.73 bits per heavy atom. The summed E-state index contributed by atoms with van der Waals surface area (Å²) in [5.74, 6) is -0.0505. The number of likely N-dealkylation sites (tertiary alicyclic amines) is 1. The number of hydrogen-bond donors (Lipinski definition) is 1. The molecule has 1 aliphatic heterocycles. The lowest BCUT2D eigenvalue weighted by atomic mass is 10.2. The summed E-state index contributed by atoms with van der Waals surface area (Å²) in [5, 5.41) is 12.4. The van der Waals surface area contributed by atoms with E-state index in [0.29, 0.717) is 23.7 Å². The molecule has 134 valence electrons. The molecule has 1 atom stereocenters. The fourth-order valence-corrected chi connectivity index (χ4v) is 4.38. The largest absolute Gasteiger partial charge is 0.350 e. The third-order valence-corrected chi connectivity index (χ3v) is 5.91. The Kier molecular flexibility index (Phi) is 6.32. The molecule has 4 nitrogen and oxygen atoms in total. The number of carbonyl (C=O) groups is 1. The molecule has 1 saturated heterocycles. The molecular formula is C21H23N3OS. The molecule has 0 bridgehead atoms. The van der Waals surface area contributed by atoms with Gasteiger partial charge in [0.2, 0.25) is 0 Å². The van der Waals surface area contributed by atoms with Gasteiger partial charge in [0.1, 0.15) is 6.07 Å². The average Bonchev–Trinajstić information content (AvgIpc) is 3.14. The molecule has 2 aromatic rings. The van der Waals surface area contributed by atoms with E-state index in [1.807, 2.05) is 42.5 Å². The van der Waals surface area contributed by atoms with Crippen molar-refractivity contribution in [3.05, 3.63) is 59.7 Å². The second kappa shape index (κ2) is 8.88. The highest BCUT2D eigenvalue weighted by atomic mass is 32.2. The molecule has 1 heterocycles. The molecule has 5 heteroatoms. The van der Waals surface area contributed by atoms with Gasteiger partial charge < -0.3 is 5.32 Å². The highest BCUT2D eigenvalue weighted by Gasteiger charge is 2.23. The Balaban J connectivity index is 1.72. The van der Waals surface area contributed by atoms with E-state index < -0.39 is 0 Å². The molecule has 0 saturated carbocycles. The third kappa shape index (κ3) is 4.27. The lowest BCUT2D eigenvalue weighted by Gasteiger charge is -2.23. The molecule has 0 aromatic heterocycles. The van der Waals surface area contributed by atoms with E-state index in [-0.39, 0.29) is 5.91 Å². The molecule has 1 fully saturated rings. The number of nitriles is 1. The number of amides is 1. The second-order valence-electron chi connectivity index (χ2n) is 6.34. The topological polar surface area (TPSA) is 56.1 Å².